The van der Waals surface area contributed by atoms with E-state index < -0.39 is 5.97 Å². The fraction of sp³-hybridized carbons (Fsp3) is 0.385. The average Bonchev–Trinajstić information content (AvgIpc) is 2.69. The topological polar surface area (TPSA) is 69.6 Å². The van der Waals surface area contributed by atoms with E-state index in [1.807, 2.05) is 31.2 Å². The van der Waals surface area contributed by atoms with E-state index in [2.05, 4.69) is 5.32 Å². The van der Waals surface area contributed by atoms with Crippen LogP contribution in [0.25, 0.3) is 0 Å². The largest absolute Gasteiger partial charge is 0.481 e. The van der Waals surface area contributed by atoms with Crippen LogP contribution in [0.4, 0.5) is 10.5 Å². The predicted octanol–water partition coefficient (Wildman–Crippen LogP) is 1.76. The first-order valence-electron chi connectivity index (χ1n) is 5.93. The molecule has 18 heavy (non-hydrogen) atoms. The molecule has 1 aromatic rings. The molecule has 1 atom stereocenters. The second kappa shape index (κ2) is 5.08. The molecule has 2 amide bonds. The standard InChI is InChI=1S/C13H16N2O3/c1-9-4-2-3-5-11(9)15-8-10(14-13(15)18)6-7-12(16)17/h2-5,10H,6-8H2,1H3,(H,14,18)(H,16,17). The van der Waals surface area contributed by atoms with Crippen molar-refractivity contribution in [3.8, 4) is 0 Å². The minimum absolute atomic E-state index is 0.0760. The number of nitrogens with zero attached hydrogens (tertiary/aromatic N) is 1. The number of carboxylic acids is 1. The molecule has 0 aromatic heterocycles. The summed E-state index contributed by atoms with van der Waals surface area (Å²) in [6, 6.07) is 7.42. The van der Waals surface area contributed by atoms with Crippen LogP contribution in [0.2, 0.25) is 0 Å². The van der Waals surface area contributed by atoms with Crippen molar-refractivity contribution >= 4 is 17.7 Å². The Kier molecular flexibility index (Phi) is 3.50. The normalized spacial score (nSPS) is 18.8. The lowest BCUT2D eigenvalue weighted by molar-refractivity contribution is -0.137. The number of benzene rings is 1. The lowest BCUT2D eigenvalue weighted by Gasteiger charge is -2.17. The highest BCUT2D eigenvalue weighted by atomic mass is 16.4. The van der Waals surface area contributed by atoms with Gasteiger partial charge in [-0.2, -0.15) is 0 Å². The third-order valence-corrected chi connectivity index (χ3v) is 3.09. The van der Waals surface area contributed by atoms with Gasteiger partial charge in [0.25, 0.3) is 0 Å². The predicted molar refractivity (Wildman–Crippen MR) is 67.7 cm³/mol. The molecule has 1 aliphatic rings. The first-order chi connectivity index (χ1) is 8.58. The quantitative estimate of drug-likeness (QED) is 0.853. The number of aliphatic carboxylic acids is 1. The summed E-state index contributed by atoms with van der Waals surface area (Å²) in [6.07, 6.45) is 0.538. The number of amides is 2. The summed E-state index contributed by atoms with van der Waals surface area (Å²) in [7, 11) is 0. The maximum Gasteiger partial charge on any atom is 0.322 e. The Bertz CT molecular complexity index is 473. The van der Waals surface area contributed by atoms with Gasteiger partial charge in [0.15, 0.2) is 0 Å². The SMILES string of the molecule is Cc1ccccc1N1CC(CCC(=O)O)NC1=O. The van der Waals surface area contributed by atoms with E-state index in [1.54, 1.807) is 4.90 Å². The molecule has 5 nitrogen and oxygen atoms in total. The van der Waals surface area contributed by atoms with Gasteiger partial charge in [0, 0.05) is 24.7 Å². The van der Waals surface area contributed by atoms with Crippen LogP contribution in [0.15, 0.2) is 24.3 Å². The van der Waals surface area contributed by atoms with Crippen LogP contribution in [-0.2, 0) is 4.79 Å². The summed E-state index contributed by atoms with van der Waals surface area (Å²) in [5, 5.41) is 11.4. The molecule has 1 fully saturated rings. The molecule has 1 heterocycles. The molecule has 2 rings (SSSR count). The summed E-state index contributed by atoms with van der Waals surface area (Å²) in [4.78, 5) is 24.0. The van der Waals surface area contributed by atoms with Crippen molar-refractivity contribution in [1.29, 1.82) is 0 Å². The molecule has 1 unspecified atom stereocenters. The van der Waals surface area contributed by atoms with Crippen LogP contribution >= 0.6 is 0 Å². The monoisotopic (exact) mass is 248 g/mol. The third kappa shape index (κ3) is 2.61. The number of rotatable bonds is 4. The van der Waals surface area contributed by atoms with Gasteiger partial charge < -0.3 is 10.4 Å². The minimum atomic E-state index is -0.835. The van der Waals surface area contributed by atoms with E-state index >= 15 is 0 Å². The minimum Gasteiger partial charge on any atom is -0.481 e. The van der Waals surface area contributed by atoms with E-state index in [0.717, 1.165) is 11.3 Å². The molecule has 1 aliphatic heterocycles. The first kappa shape index (κ1) is 12.4. The van der Waals surface area contributed by atoms with E-state index in [-0.39, 0.29) is 18.5 Å². The summed E-state index contributed by atoms with van der Waals surface area (Å²) in [5.74, 6) is -0.835. The number of anilines is 1. The second-order valence-electron chi connectivity index (χ2n) is 4.48. The lowest BCUT2D eigenvalue weighted by atomic mass is 10.1. The fourth-order valence-corrected chi connectivity index (χ4v) is 2.14. The number of carbonyl (C=O) groups excluding carboxylic acids is 1. The Balaban J connectivity index is 2.06. The van der Waals surface area contributed by atoms with E-state index in [9.17, 15) is 9.59 Å². The maximum absolute atomic E-state index is 11.8. The van der Waals surface area contributed by atoms with Gasteiger partial charge in [0.2, 0.25) is 0 Å². The smallest absolute Gasteiger partial charge is 0.322 e. The number of hydrogen-bond donors (Lipinski definition) is 2. The van der Waals surface area contributed by atoms with Crippen molar-refractivity contribution in [1.82, 2.24) is 5.32 Å². The van der Waals surface area contributed by atoms with Crippen molar-refractivity contribution in [2.45, 2.75) is 25.8 Å². The molecule has 0 spiro atoms. The van der Waals surface area contributed by atoms with Crippen LogP contribution in [-0.4, -0.2) is 29.7 Å². The van der Waals surface area contributed by atoms with Gasteiger partial charge in [0.1, 0.15) is 0 Å². The van der Waals surface area contributed by atoms with Crippen LogP contribution < -0.4 is 10.2 Å². The van der Waals surface area contributed by atoms with Crippen molar-refractivity contribution < 1.29 is 14.7 Å². The number of urea groups is 1. The summed E-state index contributed by atoms with van der Waals surface area (Å²) in [6.45, 7) is 2.48. The zero-order valence-electron chi connectivity index (χ0n) is 10.2. The highest BCUT2D eigenvalue weighted by Gasteiger charge is 2.30. The molecule has 0 saturated carbocycles. The Hall–Kier alpha value is -2.04. The Morgan fingerprint density at radius 2 is 2.22 bits per heavy atom. The molecule has 96 valence electrons. The van der Waals surface area contributed by atoms with E-state index in [4.69, 9.17) is 5.11 Å². The molecule has 0 aliphatic carbocycles. The molecule has 1 aromatic carbocycles. The Morgan fingerprint density at radius 3 is 2.89 bits per heavy atom. The molecular weight excluding hydrogens is 232 g/mol. The molecular formula is C13H16N2O3. The van der Waals surface area contributed by atoms with Gasteiger partial charge in [-0.15, -0.1) is 0 Å². The third-order valence-electron chi connectivity index (χ3n) is 3.09. The Labute approximate surface area is 105 Å². The van der Waals surface area contributed by atoms with Crippen molar-refractivity contribution in [3.05, 3.63) is 29.8 Å². The molecule has 0 bridgehead atoms. The van der Waals surface area contributed by atoms with Gasteiger partial charge in [0.05, 0.1) is 0 Å². The van der Waals surface area contributed by atoms with Gasteiger partial charge in [-0.1, -0.05) is 18.2 Å². The van der Waals surface area contributed by atoms with Gasteiger partial charge in [-0.3, -0.25) is 9.69 Å². The zero-order valence-corrected chi connectivity index (χ0v) is 10.2. The van der Waals surface area contributed by atoms with Gasteiger partial charge in [-0.25, -0.2) is 4.79 Å². The fourth-order valence-electron chi connectivity index (χ4n) is 2.14. The second-order valence-corrected chi connectivity index (χ2v) is 4.48. The van der Waals surface area contributed by atoms with Gasteiger partial charge in [-0.05, 0) is 25.0 Å². The molecule has 0 radical (unpaired) electrons. The Morgan fingerprint density at radius 1 is 1.50 bits per heavy atom. The van der Waals surface area contributed by atoms with Crippen LogP contribution in [0.3, 0.4) is 0 Å². The highest BCUT2D eigenvalue weighted by molar-refractivity contribution is 5.95. The summed E-state index contributed by atoms with van der Waals surface area (Å²) in [5.41, 5.74) is 1.92. The van der Waals surface area contributed by atoms with Gasteiger partial charge >= 0.3 is 12.0 Å². The lowest BCUT2D eigenvalue weighted by Crippen LogP contribution is -2.29. The summed E-state index contributed by atoms with van der Waals surface area (Å²) < 4.78 is 0. The highest BCUT2D eigenvalue weighted by Crippen LogP contribution is 2.23. The first-order valence-corrected chi connectivity index (χ1v) is 5.93. The molecule has 1 saturated heterocycles. The van der Waals surface area contributed by atoms with Crippen LogP contribution in [0.5, 0.6) is 0 Å². The van der Waals surface area contributed by atoms with E-state index in [0.29, 0.717) is 13.0 Å². The average molecular weight is 248 g/mol. The van der Waals surface area contributed by atoms with E-state index in [1.165, 1.54) is 0 Å². The molecule has 5 heteroatoms. The van der Waals surface area contributed by atoms with Crippen LogP contribution in [0, 0.1) is 6.92 Å². The number of carbonyl (C=O) groups is 2. The van der Waals surface area contributed by atoms with Crippen molar-refractivity contribution in [2.75, 3.05) is 11.4 Å². The number of carboxylic acid groups (broad SMARTS) is 1. The van der Waals surface area contributed by atoms with Crippen LogP contribution in [0.1, 0.15) is 18.4 Å². The van der Waals surface area contributed by atoms with Crippen molar-refractivity contribution in [2.24, 2.45) is 0 Å². The molecule has 2 N–H and O–H groups in total. The summed E-state index contributed by atoms with van der Waals surface area (Å²) >= 11 is 0. The number of nitrogens with one attached hydrogen (secondary N) is 1. The maximum atomic E-state index is 11.8. The number of aryl methyl sites for hydroxylation is 1. The zero-order chi connectivity index (χ0) is 13.1. The number of para-hydroxylation sites is 1. The number of hydrogen-bond acceptors (Lipinski definition) is 2. The van der Waals surface area contributed by atoms with Crippen molar-refractivity contribution in [3.63, 3.8) is 0 Å².